The molecule has 1 aliphatic carbocycles. The van der Waals surface area contributed by atoms with E-state index in [4.69, 9.17) is 9.47 Å². The number of ketones is 1. The molecule has 5 nitrogen and oxygen atoms in total. The summed E-state index contributed by atoms with van der Waals surface area (Å²) in [4.78, 5) is 13.0. The highest BCUT2D eigenvalue weighted by atomic mass is 32.2. The van der Waals surface area contributed by atoms with Crippen LogP contribution in [0.2, 0.25) is 0 Å². The summed E-state index contributed by atoms with van der Waals surface area (Å²) in [6.07, 6.45) is 1.57. The van der Waals surface area contributed by atoms with Crippen LogP contribution in [0, 0.1) is 5.41 Å². The van der Waals surface area contributed by atoms with Crippen LogP contribution in [0.15, 0.2) is 57.2 Å². The Kier molecular flexibility index (Phi) is 3.64. The minimum Gasteiger partial charge on any atom is -0.455 e. The number of sulfone groups is 1. The molecule has 1 aromatic carbocycles. The zero-order valence-corrected chi connectivity index (χ0v) is 16.0. The van der Waals surface area contributed by atoms with Crippen LogP contribution >= 0.6 is 0 Å². The van der Waals surface area contributed by atoms with E-state index in [2.05, 4.69) is 0 Å². The minimum absolute atomic E-state index is 0.0775. The number of carbonyl (C=O) groups is 1. The topological polar surface area (TPSA) is 69.7 Å². The molecule has 6 heteroatoms. The number of benzene rings is 1. The zero-order valence-electron chi connectivity index (χ0n) is 15.2. The minimum atomic E-state index is -3.65. The van der Waals surface area contributed by atoms with Gasteiger partial charge in [0, 0.05) is 18.4 Å². The number of rotatable bonds is 2. The molecule has 4 rings (SSSR count). The standard InChI is InChI=1S/C20H22O5S/c1-13-18(26(22,23)14-7-5-4-6-8-14)12-20(24-13)9-15-16(21)10-19(2,3)11-17(15)25-20/h4-8H,9-12H2,1-3H3. The predicted octanol–water partition coefficient (Wildman–Crippen LogP) is 3.87. The second-order valence-corrected chi connectivity index (χ2v) is 10.1. The van der Waals surface area contributed by atoms with E-state index in [9.17, 15) is 13.2 Å². The third-order valence-electron chi connectivity index (χ3n) is 5.25. The first-order valence-corrected chi connectivity index (χ1v) is 10.2. The summed E-state index contributed by atoms with van der Waals surface area (Å²) in [5.74, 6) is -0.00581. The van der Waals surface area contributed by atoms with Crippen molar-refractivity contribution in [3.8, 4) is 0 Å². The van der Waals surface area contributed by atoms with Crippen LogP contribution in [0.25, 0.3) is 0 Å². The van der Waals surface area contributed by atoms with Crippen LogP contribution < -0.4 is 0 Å². The van der Waals surface area contributed by atoms with Crippen LogP contribution in [-0.2, 0) is 24.1 Å². The van der Waals surface area contributed by atoms with Gasteiger partial charge in [0.1, 0.15) is 11.5 Å². The highest BCUT2D eigenvalue weighted by Gasteiger charge is 2.53. The molecule has 2 heterocycles. The fraction of sp³-hybridized carbons (Fsp3) is 0.450. The van der Waals surface area contributed by atoms with Gasteiger partial charge in [0.15, 0.2) is 5.78 Å². The Morgan fingerprint density at radius 3 is 2.35 bits per heavy atom. The van der Waals surface area contributed by atoms with E-state index in [1.807, 2.05) is 13.8 Å². The summed E-state index contributed by atoms with van der Waals surface area (Å²) >= 11 is 0. The summed E-state index contributed by atoms with van der Waals surface area (Å²) in [6.45, 7) is 5.72. The fourth-order valence-electron chi connectivity index (χ4n) is 4.05. The second-order valence-electron chi connectivity index (χ2n) is 8.11. The molecule has 1 atom stereocenters. The molecule has 1 unspecified atom stereocenters. The van der Waals surface area contributed by atoms with E-state index in [0.717, 1.165) is 0 Å². The van der Waals surface area contributed by atoms with Gasteiger partial charge in [-0.3, -0.25) is 4.79 Å². The summed E-state index contributed by atoms with van der Waals surface area (Å²) in [6, 6.07) is 8.32. The lowest BCUT2D eigenvalue weighted by atomic mass is 9.76. The molecule has 138 valence electrons. The molecule has 3 aliphatic rings. The number of allylic oxidation sites excluding steroid dienone is 2. The molecule has 0 bridgehead atoms. The molecule has 0 saturated heterocycles. The molecule has 1 aromatic rings. The van der Waals surface area contributed by atoms with Gasteiger partial charge in [-0.05, 0) is 24.5 Å². The molecule has 26 heavy (non-hydrogen) atoms. The third kappa shape index (κ3) is 2.67. The Hall–Kier alpha value is -2.08. The van der Waals surface area contributed by atoms with E-state index >= 15 is 0 Å². The van der Waals surface area contributed by atoms with Crippen LogP contribution in [-0.4, -0.2) is 20.0 Å². The first-order valence-electron chi connectivity index (χ1n) is 8.75. The number of hydrogen-bond acceptors (Lipinski definition) is 5. The third-order valence-corrected chi connectivity index (χ3v) is 7.22. The summed E-state index contributed by atoms with van der Waals surface area (Å²) in [7, 11) is -3.65. The Bertz CT molecular complexity index is 953. The van der Waals surface area contributed by atoms with Crippen molar-refractivity contribution in [2.75, 3.05) is 0 Å². The van der Waals surface area contributed by atoms with Crippen molar-refractivity contribution < 1.29 is 22.7 Å². The van der Waals surface area contributed by atoms with Gasteiger partial charge in [0.2, 0.25) is 9.84 Å². The molecule has 0 N–H and O–H groups in total. The lowest BCUT2D eigenvalue weighted by Gasteiger charge is -2.29. The molecular weight excluding hydrogens is 352 g/mol. The van der Waals surface area contributed by atoms with Gasteiger partial charge in [0.25, 0.3) is 5.79 Å². The summed E-state index contributed by atoms with van der Waals surface area (Å²) < 4.78 is 38.0. The normalized spacial score (nSPS) is 27.6. The number of Topliss-reactive ketones (excluding diaryl/α,β-unsaturated/α-hetero) is 1. The monoisotopic (exact) mass is 374 g/mol. The van der Waals surface area contributed by atoms with Gasteiger partial charge < -0.3 is 9.47 Å². The quantitative estimate of drug-likeness (QED) is 0.786. The Morgan fingerprint density at radius 1 is 0.962 bits per heavy atom. The number of hydrogen-bond donors (Lipinski definition) is 0. The maximum atomic E-state index is 13.0. The van der Waals surface area contributed by atoms with E-state index in [0.29, 0.717) is 36.4 Å². The van der Waals surface area contributed by atoms with Gasteiger partial charge in [0.05, 0.1) is 22.6 Å². The van der Waals surface area contributed by atoms with Crippen molar-refractivity contribution in [3.05, 3.63) is 52.3 Å². The Morgan fingerprint density at radius 2 is 1.65 bits per heavy atom. The maximum Gasteiger partial charge on any atom is 0.259 e. The van der Waals surface area contributed by atoms with Gasteiger partial charge in [-0.15, -0.1) is 0 Å². The van der Waals surface area contributed by atoms with Crippen molar-refractivity contribution in [3.63, 3.8) is 0 Å². The van der Waals surface area contributed by atoms with Gasteiger partial charge in [-0.1, -0.05) is 32.0 Å². The van der Waals surface area contributed by atoms with Crippen molar-refractivity contribution in [2.45, 2.75) is 57.1 Å². The van der Waals surface area contributed by atoms with E-state index in [-0.39, 0.29) is 27.4 Å². The average Bonchev–Trinajstić information content (AvgIpc) is 3.07. The van der Waals surface area contributed by atoms with E-state index < -0.39 is 15.6 Å². The molecular formula is C20H22O5S. The lowest BCUT2D eigenvalue weighted by Crippen LogP contribution is -2.28. The highest BCUT2D eigenvalue weighted by molar-refractivity contribution is 7.95. The smallest absolute Gasteiger partial charge is 0.259 e. The SMILES string of the molecule is CC1=C(S(=O)(=O)c2ccccc2)CC2(CC3=C(CC(C)(C)CC3=O)O2)O1. The van der Waals surface area contributed by atoms with Crippen molar-refractivity contribution in [1.82, 2.24) is 0 Å². The molecule has 2 aliphatic heterocycles. The van der Waals surface area contributed by atoms with Crippen LogP contribution in [0.3, 0.4) is 0 Å². The van der Waals surface area contributed by atoms with Crippen molar-refractivity contribution in [1.29, 1.82) is 0 Å². The Labute approximate surface area is 153 Å². The first-order chi connectivity index (χ1) is 12.1. The molecule has 0 aromatic heterocycles. The number of carbonyl (C=O) groups excluding carboxylic acids is 1. The number of ether oxygens (including phenoxy) is 2. The van der Waals surface area contributed by atoms with E-state index in [1.165, 1.54) is 0 Å². The summed E-state index contributed by atoms with van der Waals surface area (Å²) in [5.41, 5.74) is 0.511. The lowest BCUT2D eigenvalue weighted by molar-refractivity contribution is -0.161. The highest BCUT2D eigenvalue weighted by Crippen LogP contribution is 2.52. The summed E-state index contributed by atoms with van der Waals surface area (Å²) in [5, 5.41) is 0. The average molecular weight is 374 g/mol. The van der Waals surface area contributed by atoms with Crippen molar-refractivity contribution in [2.24, 2.45) is 5.41 Å². The molecule has 0 radical (unpaired) electrons. The molecule has 0 saturated carbocycles. The second kappa shape index (κ2) is 5.46. The van der Waals surface area contributed by atoms with Crippen LogP contribution in [0.1, 0.15) is 46.5 Å². The van der Waals surface area contributed by atoms with Gasteiger partial charge >= 0.3 is 0 Å². The van der Waals surface area contributed by atoms with E-state index in [1.54, 1.807) is 37.3 Å². The fourth-order valence-corrected chi connectivity index (χ4v) is 5.68. The van der Waals surface area contributed by atoms with Crippen LogP contribution in [0.4, 0.5) is 0 Å². The predicted molar refractivity (Wildman–Crippen MR) is 95.5 cm³/mol. The molecule has 0 fully saturated rings. The largest absolute Gasteiger partial charge is 0.455 e. The first kappa shape index (κ1) is 17.3. The van der Waals surface area contributed by atoms with Gasteiger partial charge in [-0.25, -0.2) is 8.42 Å². The van der Waals surface area contributed by atoms with Crippen molar-refractivity contribution >= 4 is 15.6 Å². The zero-order chi connectivity index (χ0) is 18.7. The Balaban J connectivity index is 1.62. The maximum absolute atomic E-state index is 13.0. The van der Waals surface area contributed by atoms with Gasteiger partial charge in [-0.2, -0.15) is 0 Å². The molecule has 1 spiro atoms. The molecule has 0 amide bonds. The van der Waals surface area contributed by atoms with Crippen LogP contribution in [0.5, 0.6) is 0 Å².